The third-order valence-electron chi connectivity index (χ3n) is 5.44. The molecule has 1 fully saturated rings. The van der Waals surface area contributed by atoms with Crippen LogP contribution in [0.2, 0.25) is 0 Å². The van der Waals surface area contributed by atoms with Gasteiger partial charge in [-0.2, -0.15) is 0 Å². The molecule has 1 aromatic carbocycles. The fraction of sp³-hybridized carbons (Fsp3) is 0.500. The molecule has 2 aromatic rings. The summed E-state index contributed by atoms with van der Waals surface area (Å²) in [6.45, 7) is 2.34. The summed E-state index contributed by atoms with van der Waals surface area (Å²) in [6, 6.07) is 14.1. The maximum absolute atomic E-state index is 12.0. The van der Waals surface area contributed by atoms with Crippen molar-refractivity contribution in [1.29, 1.82) is 0 Å². The number of likely N-dealkylation sites (tertiary alicyclic amines) is 1. The number of aromatic nitrogens is 1. The maximum Gasteiger partial charge on any atom is 0.267 e. The van der Waals surface area contributed by atoms with E-state index in [1.807, 2.05) is 54.1 Å². The molecule has 1 amide bonds. The minimum absolute atomic E-state index is 0.0783. The van der Waals surface area contributed by atoms with Gasteiger partial charge in [0.2, 0.25) is 0 Å². The quantitative estimate of drug-likeness (QED) is 0.733. The van der Waals surface area contributed by atoms with E-state index in [2.05, 4.69) is 10.2 Å². The number of hydrogen-bond acceptors (Lipinski definition) is 4. The summed E-state index contributed by atoms with van der Waals surface area (Å²) in [6.07, 6.45) is 2.77. The molecule has 3 rings (SSSR count). The molecule has 0 spiro atoms. The summed E-state index contributed by atoms with van der Waals surface area (Å²) in [5, 5.41) is 13.2. The van der Waals surface area contributed by atoms with Gasteiger partial charge >= 0.3 is 0 Å². The Morgan fingerprint density at radius 3 is 2.79 bits per heavy atom. The van der Waals surface area contributed by atoms with Gasteiger partial charge in [0.1, 0.15) is 5.69 Å². The number of β-amino-alcohol motifs (C(OH)–C–C–N with tert-alkyl or cyclic N) is 1. The van der Waals surface area contributed by atoms with E-state index in [-0.39, 0.29) is 11.9 Å². The zero-order valence-corrected chi connectivity index (χ0v) is 16.8. The van der Waals surface area contributed by atoms with Gasteiger partial charge in [-0.25, -0.2) is 0 Å². The molecule has 2 heterocycles. The van der Waals surface area contributed by atoms with Crippen molar-refractivity contribution >= 4 is 5.91 Å². The molecule has 0 radical (unpaired) electrons. The number of nitrogens with zero attached hydrogens (tertiary/aromatic N) is 2. The normalized spacial score (nSPS) is 18.8. The highest BCUT2D eigenvalue weighted by atomic mass is 16.5. The van der Waals surface area contributed by atoms with E-state index >= 15 is 0 Å². The molecule has 1 aromatic heterocycles. The molecule has 0 aliphatic carbocycles. The molecular formula is C22H31N3O3. The van der Waals surface area contributed by atoms with Crippen molar-refractivity contribution in [3.05, 3.63) is 59.4 Å². The van der Waals surface area contributed by atoms with Crippen molar-refractivity contribution in [2.24, 2.45) is 7.05 Å². The summed E-state index contributed by atoms with van der Waals surface area (Å²) in [5.41, 5.74) is 2.89. The first kappa shape index (κ1) is 20.6. The zero-order chi connectivity index (χ0) is 19.9. The van der Waals surface area contributed by atoms with Crippen LogP contribution in [0.3, 0.4) is 0 Å². The average molecular weight is 386 g/mol. The second-order valence-corrected chi connectivity index (χ2v) is 7.44. The molecule has 28 heavy (non-hydrogen) atoms. The van der Waals surface area contributed by atoms with Crippen LogP contribution in [0.15, 0.2) is 42.5 Å². The number of nitrogens with one attached hydrogen (secondary N) is 1. The molecule has 6 nitrogen and oxygen atoms in total. The minimum atomic E-state index is -0.539. The lowest BCUT2D eigenvalue weighted by Crippen LogP contribution is -2.41. The second kappa shape index (κ2) is 9.87. The van der Waals surface area contributed by atoms with Crippen molar-refractivity contribution in [1.82, 2.24) is 14.8 Å². The molecule has 0 unspecified atom stereocenters. The molecular weight excluding hydrogens is 354 g/mol. The largest absolute Gasteiger partial charge is 0.389 e. The van der Waals surface area contributed by atoms with Crippen LogP contribution >= 0.6 is 0 Å². The van der Waals surface area contributed by atoms with Gasteiger partial charge in [0, 0.05) is 26.3 Å². The Bertz CT molecular complexity index is 760. The van der Waals surface area contributed by atoms with Crippen LogP contribution in [0.25, 0.3) is 0 Å². The van der Waals surface area contributed by atoms with E-state index in [9.17, 15) is 9.90 Å². The van der Waals surface area contributed by atoms with Gasteiger partial charge in [-0.3, -0.25) is 9.69 Å². The Kier molecular flexibility index (Phi) is 7.25. The van der Waals surface area contributed by atoms with E-state index in [0.29, 0.717) is 25.5 Å². The maximum atomic E-state index is 12.0. The smallest absolute Gasteiger partial charge is 0.267 e. The molecule has 1 saturated heterocycles. The highest BCUT2D eigenvalue weighted by Crippen LogP contribution is 2.31. The Morgan fingerprint density at radius 2 is 2.04 bits per heavy atom. The number of carbonyl (C=O) groups is 1. The van der Waals surface area contributed by atoms with Crippen LogP contribution in [0.5, 0.6) is 0 Å². The van der Waals surface area contributed by atoms with Crippen LogP contribution in [0, 0.1) is 0 Å². The monoisotopic (exact) mass is 385 g/mol. The number of aliphatic hydroxyl groups excluding tert-OH is 1. The summed E-state index contributed by atoms with van der Waals surface area (Å²) in [4.78, 5) is 14.3. The van der Waals surface area contributed by atoms with Gasteiger partial charge in [0.25, 0.3) is 5.91 Å². The number of ether oxygens (including phenoxy) is 1. The molecule has 2 N–H and O–H groups in total. The lowest BCUT2D eigenvalue weighted by atomic mass is 9.99. The molecule has 1 aliphatic heterocycles. The summed E-state index contributed by atoms with van der Waals surface area (Å²) in [7, 11) is 3.58. The van der Waals surface area contributed by atoms with Gasteiger partial charge in [-0.15, -0.1) is 0 Å². The first-order chi connectivity index (χ1) is 13.6. The van der Waals surface area contributed by atoms with Crippen molar-refractivity contribution in [3.63, 3.8) is 0 Å². The first-order valence-electron chi connectivity index (χ1n) is 10.0. The number of benzene rings is 1. The summed E-state index contributed by atoms with van der Waals surface area (Å²) >= 11 is 0. The van der Waals surface area contributed by atoms with E-state index < -0.39 is 6.10 Å². The van der Waals surface area contributed by atoms with Gasteiger partial charge < -0.3 is 19.7 Å². The second-order valence-electron chi connectivity index (χ2n) is 7.44. The van der Waals surface area contributed by atoms with Crippen molar-refractivity contribution in [2.75, 3.05) is 26.7 Å². The van der Waals surface area contributed by atoms with E-state index in [1.54, 1.807) is 7.05 Å². The van der Waals surface area contributed by atoms with Gasteiger partial charge in [0.15, 0.2) is 0 Å². The van der Waals surface area contributed by atoms with Gasteiger partial charge in [0.05, 0.1) is 25.4 Å². The fourth-order valence-corrected chi connectivity index (χ4v) is 3.97. The molecule has 0 saturated carbocycles. The first-order valence-corrected chi connectivity index (χ1v) is 10.0. The number of hydrogen-bond donors (Lipinski definition) is 2. The lowest BCUT2D eigenvalue weighted by Gasteiger charge is -2.37. The van der Waals surface area contributed by atoms with Crippen LogP contribution in [-0.4, -0.2) is 53.3 Å². The number of aliphatic hydroxyl groups is 1. The van der Waals surface area contributed by atoms with Crippen molar-refractivity contribution in [2.45, 2.75) is 38.0 Å². The molecule has 6 heteroatoms. The number of piperidine rings is 1. The number of amides is 1. The van der Waals surface area contributed by atoms with E-state index in [4.69, 9.17) is 4.74 Å². The van der Waals surface area contributed by atoms with Gasteiger partial charge in [-0.05, 0) is 37.1 Å². The number of carbonyl (C=O) groups excluding carboxylic acids is 1. The fourth-order valence-electron chi connectivity index (χ4n) is 3.97. The average Bonchev–Trinajstić information content (AvgIpc) is 3.10. The van der Waals surface area contributed by atoms with Crippen LogP contribution in [0.4, 0.5) is 0 Å². The highest BCUT2D eigenvalue weighted by Gasteiger charge is 2.28. The Labute approximate surface area is 167 Å². The molecule has 152 valence electrons. The van der Waals surface area contributed by atoms with Crippen molar-refractivity contribution < 1.29 is 14.6 Å². The highest BCUT2D eigenvalue weighted by molar-refractivity contribution is 5.92. The number of rotatable bonds is 8. The Balaban J connectivity index is 1.58. The standard InChI is InChI=1S/C22H31N3O3/c1-23-22(27)21-12-11-19(24(21)2)20-10-6-7-13-25(20)14-18(26)16-28-15-17-8-4-3-5-9-17/h3-5,8-9,11-12,18,20,26H,6-7,10,13-16H2,1-2H3,(H,23,27)/t18-,20+/m0/s1. The van der Waals surface area contributed by atoms with E-state index in [1.165, 1.54) is 0 Å². The molecule has 0 bridgehead atoms. The summed E-state index contributed by atoms with van der Waals surface area (Å²) in [5.74, 6) is -0.0783. The Morgan fingerprint density at radius 1 is 1.25 bits per heavy atom. The van der Waals surface area contributed by atoms with E-state index in [0.717, 1.165) is 37.1 Å². The third kappa shape index (κ3) is 5.01. The molecule has 1 aliphatic rings. The SMILES string of the molecule is CNC(=O)c1ccc([C@H]2CCCCN2C[C@H](O)COCc2ccccc2)n1C. The van der Waals surface area contributed by atoms with Crippen molar-refractivity contribution in [3.8, 4) is 0 Å². The minimum Gasteiger partial charge on any atom is -0.389 e. The van der Waals surface area contributed by atoms with Gasteiger partial charge in [-0.1, -0.05) is 36.8 Å². The predicted molar refractivity (Wildman–Crippen MR) is 109 cm³/mol. The summed E-state index contributed by atoms with van der Waals surface area (Å²) < 4.78 is 7.68. The predicted octanol–water partition coefficient (Wildman–Crippen LogP) is 2.49. The van der Waals surface area contributed by atoms with Crippen LogP contribution in [0.1, 0.15) is 47.1 Å². The lowest BCUT2D eigenvalue weighted by molar-refractivity contribution is -0.00450. The Hall–Kier alpha value is -2.15. The molecule has 2 atom stereocenters. The zero-order valence-electron chi connectivity index (χ0n) is 16.8. The van der Waals surface area contributed by atoms with Crippen LogP contribution < -0.4 is 5.32 Å². The third-order valence-corrected chi connectivity index (χ3v) is 5.44. The topological polar surface area (TPSA) is 66.7 Å². The van der Waals surface area contributed by atoms with Crippen LogP contribution in [-0.2, 0) is 18.4 Å².